The van der Waals surface area contributed by atoms with Gasteiger partial charge in [0.15, 0.2) is 0 Å². The molecule has 2 rings (SSSR count). The molecule has 0 aromatic carbocycles. The fourth-order valence-electron chi connectivity index (χ4n) is 2.79. The molecule has 0 saturated carbocycles. The number of nitrogens with zero attached hydrogens (tertiary/aromatic N) is 2. The maximum atomic E-state index is 12.5. The summed E-state index contributed by atoms with van der Waals surface area (Å²) < 4.78 is 26.8. The number of carbonyl (C=O) groups excluding carboxylic acids is 1. The molecule has 1 saturated heterocycles. The molecular weight excluding hydrogens is 364 g/mol. The van der Waals surface area contributed by atoms with Gasteiger partial charge in [-0.3, -0.25) is 9.59 Å². The van der Waals surface area contributed by atoms with Crippen molar-refractivity contribution in [3.63, 3.8) is 0 Å². The van der Waals surface area contributed by atoms with Gasteiger partial charge in [-0.25, -0.2) is 8.42 Å². The van der Waals surface area contributed by atoms with Crippen LogP contribution in [0.25, 0.3) is 0 Å². The van der Waals surface area contributed by atoms with Crippen LogP contribution in [0.4, 0.5) is 0 Å². The number of aliphatic carboxylic acids is 1. The zero-order valence-corrected chi connectivity index (χ0v) is 16.1. The molecule has 140 valence electrons. The fourth-order valence-corrected chi connectivity index (χ4v) is 5.80. The average molecular weight is 389 g/mol. The number of thiophene rings is 1. The summed E-state index contributed by atoms with van der Waals surface area (Å²) in [5, 5.41) is 8.81. The largest absolute Gasteiger partial charge is 0.481 e. The van der Waals surface area contributed by atoms with Gasteiger partial charge >= 0.3 is 5.97 Å². The summed E-state index contributed by atoms with van der Waals surface area (Å²) >= 11 is 1.12. The van der Waals surface area contributed by atoms with Crippen molar-refractivity contribution in [2.45, 2.75) is 49.8 Å². The molecule has 9 heteroatoms. The van der Waals surface area contributed by atoms with E-state index in [0.717, 1.165) is 24.2 Å². The van der Waals surface area contributed by atoms with Crippen LogP contribution in [-0.4, -0.2) is 60.3 Å². The van der Waals surface area contributed by atoms with E-state index < -0.39 is 16.0 Å². The summed E-state index contributed by atoms with van der Waals surface area (Å²) in [7, 11) is -3.46. The van der Waals surface area contributed by atoms with Crippen LogP contribution in [0, 0.1) is 0 Å². The van der Waals surface area contributed by atoms with Crippen LogP contribution in [0.15, 0.2) is 16.3 Å². The van der Waals surface area contributed by atoms with E-state index in [-0.39, 0.29) is 35.5 Å². The second kappa shape index (κ2) is 8.29. The quantitative estimate of drug-likeness (QED) is 0.732. The highest BCUT2D eigenvalue weighted by Gasteiger charge is 2.29. The Kier molecular flexibility index (Phi) is 6.59. The first-order valence-corrected chi connectivity index (χ1v) is 10.6. The predicted octanol–water partition coefficient (Wildman–Crippen LogP) is 1.79. The highest BCUT2D eigenvalue weighted by atomic mass is 32.2. The maximum absolute atomic E-state index is 12.5. The van der Waals surface area contributed by atoms with Crippen molar-refractivity contribution >= 4 is 33.2 Å². The maximum Gasteiger partial charge on any atom is 0.305 e. The first-order valence-electron chi connectivity index (χ1n) is 8.32. The van der Waals surface area contributed by atoms with Gasteiger partial charge in [-0.05, 0) is 38.8 Å². The molecule has 1 amide bonds. The SMILES string of the molecule is CC(C)N(CCC(=O)O)C(=O)Cc1ccc(S(=O)(=O)N2CCCC2)s1. The van der Waals surface area contributed by atoms with Crippen molar-refractivity contribution in [1.82, 2.24) is 9.21 Å². The summed E-state index contributed by atoms with van der Waals surface area (Å²) in [5.74, 6) is -1.14. The zero-order chi connectivity index (χ0) is 18.6. The zero-order valence-electron chi connectivity index (χ0n) is 14.5. The van der Waals surface area contributed by atoms with Crippen molar-refractivity contribution in [2.75, 3.05) is 19.6 Å². The van der Waals surface area contributed by atoms with Crippen LogP contribution in [0.2, 0.25) is 0 Å². The lowest BCUT2D eigenvalue weighted by molar-refractivity contribution is -0.138. The van der Waals surface area contributed by atoms with E-state index in [0.29, 0.717) is 18.0 Å². The molecule has 1 aliphatic heterocycles. The molecule has 0 atom stereocenters. The minimum absolute atomic E-state index is 0.0813. The molecule has 0 bridgehead atoms. The lowest BCUT2D eigenvalue weighted by atomic mass is 10.2. The second-order valence-corrected chi connectivity index (χ2v) is 9.67. The summed E-state index contributed by atoms with van der Waals surface area (Å²) in [6, 6.07) is 3.11. The highest BCUT2D eigenvalue weighted by molar-refractivity contribution is 7.91. The Balaban J connectivity index is 2.06. The van der Waals surface area contributed by atoms with Gasteiger partial charge in [-0.1, -0.05) is 0 Å². The van der Waals surface area contributed by atoms with Crippen LogP contribution >= 0.6 is 11.3 Å². The third-order valence-corrected chi connectivity index (χ3v) is 7.58. The van der Waals surface area contributed by atoms with E-state index in [1.807, 2.05) is 13.8 Å². The number of carbonyl (C=O) groups is 2. The molecule has 0 radical (unpaired) electrons. The Hall–Kier alpha value is -1.45. The van der Waals surface area contributed by atoms with E-state index in [1.54, 1.807) is 12.1 Å². The molecule has 0 spiro atoms. The highest BCUT2D eigenvalue weighted by Crippen LogP contribution is 2.28. The van der Waals surface area contributed by atoms with Gasteiger partial charge in [0.25, 0.3) is 10.0 Å². The molecule has 25 heavy (non-hydrogen) atoms. The Morgan fingerprint density at radius 2 is 1.92 bits per heavy atom. The molecule has 1 aromatic heterocycles. The number of amides is 1. The molecule has 1 N–H and O–H groups in total. The molecule has 1 fully saturated rings. The molecule has 0 aliphatic carbocycles. The molecule has 1 aromatic rings. The minimum atomic E-state index is -3.46. The summed E-state index contributed by atoms with van der Waals surface area (Å²) in [4.78, 5) is 25.4. The van der Waals surface area contributed by atoms with E-state index >= 15 is 0 Å². The van der Waals surface area contributed by atoms with Gasteiger partial charge in [-0.2, -0.15) is 4.31 Å². The molecular formula is C16H24N2O5S2. The topological polar surface area (TPSA) is 95.0 Å². The number of carboxylic acids is 1. The van der Waals surface area contributed by atoms with E-state index in [4.69, 9.17) is 5.11 Å². The van der Waals surface area contributed by atoms with Crippen molar-refractivity contribution in [2.24, 2.45) is 0 Å². The normalized spacial score (nSPS) is 15.6. The van der Waals surface area contributed by atoms with E-state index in [1.165, 1.54) is 9.21 Å². The summed E-state index contributed by atoms with van der Waals surface area (Å²) in [5.41, 5.74) is 0. The number of hydrogen-bond donors (Lipinski definition) is 1. The fraction of sp³-hybridized carbons (Fsp3) is 0.625. The van der Waals surface area contributed by atoms with Crippen LogP contribution in [0.5, 0.6) is 0 Å². The van der Waals surface area contributed by atoms with Crippen LogP contribution < -0.4 is 0 Å². The number of carboxylic acid groups (broad SMARTS) is 1. The van der Waals surface area contributed by atoms with Gasteiger partial charge in [0, 0.05) is 30.6 Å². The molecule has 1 aliphatic rings. The predicted molar refractivity (Wildman–Crippen MR) is 95.1 cm³/mol. The van der Waals surface area contributed by atoms with Gasteiger partial charge < -0.3 is 10.0 Å². The number of sulfonamides is 1. The Labute approximate surface area is 152 Å². The van der Waals surface area contributed by atoms with Gasteiger partial charge in [0.1, 0.15) is 4.21 Å². The number of hydrogen-bond acceptors (Lipinski definition) is 5. The lowest BCUT2D eigenvalue weighted by Gasteiger charge is -2.26. The smallest absolute Gasteiger partial charge is 0.305 e. The van der Waals surface area contributed by atoms with Crippen molar-refractivity contribution < 1.29 is 23.1 Å². The Morgan fingerprint density at radius 1 is 1.28 bits per heavy atom. The third kappa shape index (κ3) is 5.02. The number of rotatable bonds is 8. The average Bonchev–Trinajstić information content (AvgIpc) is 3.18. The first kappa shape index (κ1) is 19.9. The summed E-state index contributed by atoms with van der Waals surface area (Å²) in [6.45, 7) is 4.90. The minimum Gasteiger partial charge on any atom is -0.481 e. The monoisotopic (exact) mass is 388 g/mol. The molecule has 7 nitrogen and oxygen atoms in total. The van der Waals surface area contributed by atoms with Crippen LogP contribution in [0.3, 0.4) is 0 Å². The Morgan fingerprint density at radius 3 is 2.48 bits per heavy atom. The van der Waals surface area contributed by atoms with Crippen LogP contribution in [0.1, 0.15) is 38.0 Å². The van der Waals surface area contributed by atoms with Gasteiger partial charge in [-0.15, -0.1) is 11.3 Å². The Bertz CT molecular complexity index is 721. The van der Waals surface area contributed by atoms with Gasteiger partial charge in [0.2, 0.25) is 5.91 Å². The molecule has 2 heterocycles. The van der Waals surface area contributed by atoms with Gasteiger partial charge in [0.05, 0.1) is 12.8 Å². The summed E-state index contributed by atoms with van der Waals surface area (Å²) in [6.07, 6.45) is 1.73. The molecule has 0 unspecified atom stereocenters. The van der Waals surface area contributed by atoms with Crippen molar-refractivity contribution in [3.05, 3.63) is 17.0 Å². The van der Waals surface area contributed by atoms with E-state index in [2.05, 4.69) is 0 Å². The van der Waals surface area contributed by atoms with Crippen molar-refractivity contribution in [1.29, 1.82) is 0 Å². The second-order valence-electron chi connectivity index (χ2n) is 6.33. The third-order valence-electron chi connectivity index (χ3n) is 4.13. The standard InChI is InChI=1S/C16H24N2O5S2/c1-12(2)18(10-7-15(20)21)14(19)11-13-5-6-16(24-13)25(22,23)17-8-3-4-9-17/h5-6,12H,3-4,7-11H2,1-2H3,(H,20,21). The van der Waals surface area contributed by atoms with E-state index in [9.17, 15) is 18.0 Å². The first-order chi connectivity index (χ1) is 11.7. The van der Waals surface area contributed by atoms with Crippen molar-refractivity contribution in [3.8, 4) is 0 Å². The lowest BCUT2D eigenvalue weighted by Crippen LogP contribution is -2.39. The van der Waals surface area contributed by atoms with Crippen LogP contribution in [-0.2, 0) is 26.0 Å².